The molecule has 0 aromatic carbocycles. The van der Waals surface area contributed by atoms with Crippen molar-refractivity contribution in [3.63, 3.8) is 0 Å². The SMILES string of the molecule is CCC(CO)NCCc1ccnn1C. The second kappa shape index (κ2) is 5.78. The van der Waals surface area contributed by atoms with Gasteiger partial charge < -0.3 is 10.4 Å². The normalized spacial score (nSPS) is 13.1. The molecule has 0 fully saturated rings. The van der Waals surface area contributed by atoms with Crippen LogP contribution in [0.2, 0.25) is 0 Å². The quantitative estimate of drug-likeness (QED) is 0.690. The second-order valence-electron chi connectivity index (χ2n) is 3.44. The van der Waals surface area contributed by atoms with E-state index in [1.54, 1.807) is 6.20 Å². The van der Waals surface area contributed by atoms with Crippen molar-refractivity contribution < 1.29 is 5.11 Å². The van der Waals surface area contributed by atoms with E-state index in [0.29, 0.717) is 0 Å². The molecule has 1 rings (SSSR count). The Kier molecular flexibility index (Phi) is 4.62. The van der Waals surface area contributed by atoms with Crippen LogP contribution in [0.4, 0.5) is 0 Å². The molecule has 80 valence electrons. The zero-order valence-electron chi connectivity index (χ0n) is 8.90. The third-order valence-corrected chi connectivity index (χ3v) is 2.45. The van der Waals surface area contributed by atoms with E-state index in [2.05, 4.69) is 17.3 Å². The van der Waals surface area contributed by atoms with Gasteiger partial charge in [-0.2, -0.15) is 5.10 Å². The van der Waals surface area contributed by atoms with Crippen molar-refractivity contribution in [2.45, 2.75) is 25.8 Å². The first kappa shape index (κ1) is 11.2. The standard InChI is InChI=1S/C10H19N3O/c1-3-9(8-14)11-6-4-10-5-7-12-13(10)2/h5,7,9,11,14H,3-4,6,8H2,1-2H3. The number of aromatic nitrogens is 2. The Bertz CT molecular complexity index is 256. The lowest BCUT2D eigenvalue weighted by atomic mass is 10.2. The maximum Gasteiger partial charge on any atom is 0.0584 e. The number of hydrogen-bond acceptors (Lipinski definition) is 3. The summed E-state index contributed by atoms with van der Waals surface area (Å²) in [6.07, 6.45) is 3.72. The fourth-order valence-electron chi connectivity index (χ4n) is 1.39. The number of nitrogens with zero attached hydrogens (tertiary/aromatic N) is 2. The Morgan fingerprint density at radius 2 is 2.43 bits per heavy atom. The van der Waals surface area contributed by atoms with E-state index in [9.17, 15) is 0 Å². The summed E-state index contributed by atoms with van der Waals surface area (Å²) in [5.74, 6) is 0. The lowest BCUT2D eigenvalue weighted by Crippen LogP contribution is -2.33. The Balaban J connectivity index is 2.24. The lowest BCUT2D eigenvalue weighted by molar-refractivity contribution is 0.239. The first-order valence-electron chi connectivity index (χ1n) is 5.09. The van der Waals surface area contributed by atoms with Crippen LogP contribution < -0.4 is 5.32 Å². The number of rotatable bonds is 6. The molecule has 1 atom stereocenters. The van der Waals surface area contributed by atoms with Gasteiger partial charge in [-0.1, -0.05) is 6.92 Å². The molecule has 0 bridgehead atoms. The van der Waals surface area contributed by atoms with Crippen molar-refractivity contribution in [2.75, 3.05) is 13.2 Å². The molecule has 0 saturated heterocycles. The highest BCUT2D eigenvalue weighted by Gasteiger charge is 2.03. The van der Waals surface area contributed by atoms with E-state index in [1.807, 2.05) is 17.8 Å². The molecule has 0 aliphatic rings. The van der Waals surface area contributed by atoms with Gasteiger partial charge >= 0.3 is 0 Å². The van der Waals surface area contributed by atoms with Crippen LogP contribution in [-0.2, 0) is 13.5 Å². The highest BCUT2D eigenvalue weighted by Crippen LogP contribution is 1.97. The van der Waals surface area contributed by atoms with Gasteiger partial charge in [0.1, 0.15) is 0 Å². The number of aryl methyl sites for hydroxylation is 1. The van der Waals surface area contributed by atoms with Gasteiger partial charge in [-0.25, -0.2) is 0 Å². The van der Waals surface area contributed by atoms with Gasteiger partial charge in [0.2, 0.25) is 0 Å². The van der Waals surface area contributed by atoms with Crippen molar-refractivity contribution in [2.24, 2.45) is 7.05 Å². The zero-order chi connectivity index (χ0) is 10.4. The summed E-state index contributed by atoms with van der Waals surface area (Å²) in [5, 5.41) is 16.3. The summed E-state index contributed by atoms with van der Waals surface area (Å²) >= 11 is 0. The average Bonchev–Trinajstić information content (AvgIpc) is 2.59. The predicted octanol–water partition coefficient (Wildman–Crippen LogP) is 0.323. The Morgan fingerprint density at radius 3 is 2.93 bits per heavy atom. The van der Waals surface area contributed by atoms with Crippen LogP contribution in [-0.4, -0.2) is 34.1 Å². The van der Waals surface area contributed by atoms with Crippen molar-refractivity contribution in [1.82, 2.24) is 15.1 Å². The molecule has 1 heterocycles. The fourth-order valence-corrected chi connectivity index (χ4v) is 1.39. The molecule has 4 nitrogen and oxygen atoms in total. The molecular formula is C10H19N3O. The zero-order valence-corrected chi connectivity index (χ0v) is 8.90. The molecule has 1 unspecified atom stereocenters. The minimum absolute atomic E-state index is 0.210. The lowest BCUT2D eigenvalue weighted by Gasteiger charge is -2.13. The highest BCUT2D eigenvalue weighted by molar-refractivity contribution is 5.00. The van der Waals surface area contributed by atoms with Crippen LogP contribution in [0.25, 0.3) is 0 Å². The molecule has 1 aromatic rings. The molecule has 0 radical (unpaired) electrons. The molecule has 0 amide bonds. The monoisotopic (exact) mass is 197 g/mol. The minimum Gasteiger partial charge on any atom is -0.395 e. The van der Waals surface area contributed by atoms with Crippen LogP contribution in [0.5, 0.6) is 0 Å². The number of hydrogen-bond donors (Lipinski definition) is 2. The molecule has 4 heteroatoms. The van der Waals surface area contributed by atoms with Crippen LogP contribution in [0, 0.1) is 0 Å². The van der Waals surface area contributed by atoms with E-state index in [4.69, 9.17) is 5.11 Å². The van der Waals surface area contributed by atoms with Gasteiger partial charge in [-0.15, -0.1) is 0 Å². The van der Waals surface area contributed by atoms with E-state index in [0.717, 1.165) is 19.4 Å². The number of aliphatic hydroxyl groups excluding tert-OH is 1. The van der Waals surface area contributed by atoms with Crippen molar-refractivity contribution in [3.8, 4) is 0 Å². The first-order chi connectivity index (χ1) is 6.77. The molecule has 2 N–H and O–H groups in total. The molecule has 1 aromatic heterocycles. The van der Waals surface area contributed by atoms with Gasteiger partial charge in [-0.05, 0) is 12.5 Å². The van der Waals surface area contributed by atoms with Crippen LogP contribution in [0.3, 0.4) is 0 Å². The molecule has 0 aliphatic heterocycles. The maximum absolute atomic E-state index is 8.96. The Hall–Kier alpha value is -0.870. The average molecular weight is 197 g/mol. The van der Waals surface area contributed by atoms with Gasteiger partial charge in [0.25, 0.3) is 0 Å². The Labute approximate surface area is 84.9 Å². The fraction of sp³-hybridized carbons (Fsp3) is 0.700. The maximum atomic E-state index is 8.96. The number of nitrogens with one attached hydrogen (secondary N) is 1. The van der Waals surface area contributed by atoms with Crippen molar-refractivity contribution >= 4 is 0 Å². The summed E-state index contributed by atoms with van der Waals surface area (Å²) in [5.41, 5.74) is 1.21. The van der Waals surface area contributed by atoms with E-state index < -0.39 is 0 Å². The van der Waals surface area contributed by atoms with E-state index >= 15 is 0 Å². The topological polar surface area (TPSA) is 50.1 Å². The summed E-state index contributed by atoms with van der Waals surface area (Å²) in [7, 11) is 1.94. The van der Waals surface area contributed by atoms with Crippen LogP contribution in [0.1, 0.15) is 19.0 Å². The summed E-state index contributed by atoms with van der Waals surface area (Å²) in [6, 6.07) is 2.24. The van der Waals surface area contributed by atoms with Gasteiger partial charge in [0.05, 0.1) is 6.61 Å². The summed E-state index contributed by atoms with van der Waals surface area (Å²) < 4.78 is 1.88. The van der Waals surface area contributed by atoms with Gasteiger partial charge in [0, 0.05) is 37.9 Å². The third kappa shape index (κ3) is 3.12. The Morgan fingerprint density at radius 1 is 1.64 bits per heavy atom. The smallest absolute Gasteiger partial charge is 0.0584 e. The third-order valence-electron chi connectivity index (χ3n) is 2.45. The van der Waals surface area contributed by atoms with E-state index in [1.165, 1.54) is 5.69 Å². The summed E-state index contributed by atoms with van der Waals surface area (Å²) in [6.45, 7) is 3.17. The van der Waals surface area contributed by atoms with Gasteiger partial charge in [0.15, 0.2) is 0 Å². The van der Waals surface area contributed by atoms with Crippen LogP contribution in [0.15, 0.2) is 12.3 Å². The molecule has 0 aliphatic carbocycles. The molecule has 14 heavy (non-hydrogen) atoms. The summed E-state index contributed by atoms with van der Waals surface area (Å²) in [4.78, 5) is 0. The van der Waals surface area contributed by atoms with Crippen molar-refractivity contribution in [1.29, 1.82) is 0 Å². The second-order valence-corrected chi connectivity index (χ2v) is 3.44. The molecular weight excluding hydrogens is 178 g/mol. The minimum atomic E-state index is 0.210. The predicted molar refractivity (Wildman–Crippen MR) is 56.1 cm³/mol. The largest absolute Gasteiger partial charge is 0.395 e. The highest BCUT2D eigenvalue weighted by atomic mass is 16.3. The van der Waals surface area contributed by atoms with Crippen molar-refractivity contribution in [3.05, 3.63) is 18.0 Å². The molecule has 0 saturated carbocycles. The van der Waals surface area contributed by atoms with Gasteiger partial charge in [-0.3, -0.25) is 4.68 Å². The van der Waals surface area contributed by atoms with E-state index in [-0.39, 0.29) is 12.6 Å². The number of aliphatic hydroxyl groups is 1. The van der Waals surface area contributed by atoms with Crippen LogP contribution >= 0.6 is 0 Å². The molecule has 0 spiro atoms. The first-order valence-corrected chi connectivity index (χ1v) is 5.09.